The maximum atomic E-state index is 14.0. The molecule has 1 fully saturated rings. The van der Waals surface area contributed by atoms with Crippen LogP contribution in [0.4, 0.5) is 4.79 Å². The van der Waals surface area contributed by atoms with Gasteiger partial charge in [0.05, 0.1) is 10.6 Å². The molecule has 0 aromatic heterocycles. The summed E-state index contributed by atoms with van der Waals surface area (Å²) in [5.41, 5.74) is 1.10. The van der Waals surface area contributed by atoms with Gasteiger partial charge in [0.2, 0.25) is 16.8 Å². The van der Waals surface area contributed by atoms with Gasteiger partial charge < -0.3 is 24.1 Å². The minimum Gasteiger partial charge on any atom is -0.489 e. The second-order valence-electron chi connectivity index (χ2n) is 12.7. The molecule has 1 amide bonds. The van der Waals surface area contributed by atoms with Gasteiger partial charge in [0.25, 0.3) is 0 Å². The molecule has 2 aliphatic rings. The fourth-order valence-electron chi connectivity index (χ4n) is 5.52. The van der Waals surface area contributed by atoms with Gasteiger partial charge in [-0.2, -0.15) is 9.30 Å². The van der Waals surface area contributed by atoms with E-state index in [0.29, 0.717) is 23.9 Å². The number of carbonyl (C=O) groups is 1. The van der Waals surface area contributed by atoms with Crippen LogP contribution in [0, 0.1) is 5.92 Å². The van der Waals surface area contributed by atoms with Crippen molar-refractivity contribution in [3.8, 4) is 17.2 Å². The highest BCUT2D eigenvalue weighted by Gasteiger charge is 2.33. The Kier molecular flexibility index (Phi) is 10.7. The number of rotatable bonds is 12. The first-order valence-electron chi connectivity index (χ1n) is 15.6. The number of fused-ring (bicyclic) bond motifs is 1. The summed E-state index contributed by atoms with van der Waals surface area (Å²) in [5.74, 6) is 1.65. The Hall–Kier alpha value is -3.93. The summed E-state index contributed by atoms with van der Waals surface area (Å²) in [6, 6.07) is 21.6. The third-order valence-electron chi connectivity index (χ3n) is 7.86. The minimum atomic E-state index is -4.05. The molecule has 0 radical (unpaired) electrons. The number of aliphatic hydroxyl groups excluding tert-OH is 1. The Morgan fingerprint density at radius 1 is 0.978 bits per heavy atom. The van der Waals surface area contributed by atoms with Crippen molar-refractivity contribution in [1.29, 1.82) is 0 Å². The van der Waals surface area contributed by atoms with Crippen LogP contribution in [0.3, 0.4) is 0 Å². The summed E-state index contributed by atoms with van der Waals surface area (Å²) in [6.45, 7) is 5.57. The van der Waals surface area contributed by atoms with Gasteiger partial charge in [0, 0.05) is 25.6 Å². The SMILES string of the molecule is CC(C)(C)OC(=O)N=C(Cc1ccc(OCc2ccccc2)cc1)[C@H](O)CN(CC1CCCC1)S(=O)(=O)c1ccc2c(c1)OCO2. The van der Waals surface area contributed by atoms with Crippen LogP contribution in [0.1, 0.15) is 57.6 Å². The molecule has 3 aromatic carbocycles. The predicted molar refractivity (Wildman–Crippen MR) is 174 cm³/mol. The number of hydrogen-bond acceptors (Lipinski definition) is 8. The zero-order valence-electron chi connectivity index (χ0n) is 26.6. The zero-order chi connectivity index (χ0) is 32.7. The Morgan fingerprint density at radius 2 is 1.67 bits per heavy atom. The smallest absolute Gasteiger partial charge is 0.434 e. The van der Waals surface area contributed by atoms with Crippen LogP contribution in [-0.4, -0.2) is 61.2 Å². The first-order chi connectivity index (χ1) is 22.0. The lowest BCUT2D eigenvalue weighted by molar-refractivity contribution is 0.0600. The third kappa shape index (κ3) is 9.08. The summed E-state index contributed by atoms with van der Waals surface area (Å²) < 4.78 is 51.5. The molecular weight excluding hydrogens is 608 g/mol. The number of nitrogens with zero attached hydrogens (tertiary/aromatic N) is 2. The highest BCUT2D eigenvalue weighted by Crippen LogP contribution is 2.35. The number of aliphatic hydroxyl groups is 1. The van der Waals surface area contributed by atoms with Gasteiger partial charge in [-0.25, -0.2) is 13.2 Å². The lowest BCUT2D eigenvalue weighted by Crippen LogP contribution is -2.43. The van der Waals surface area contributed by atoms with E-state index in [1.165, 1.54) is 16.4 Å². The first kappa shape index (κ1) is 33.4. The molecule has 10 nitrogen and oxygen atoms in total. The summed E-state index contributed by atoms with van der Waals surface area (Å²) in [7, 11) is -4.05. The molecule has 1 aliphatic heterocycles. The molecule has 0 bridgehead atoms. The monoisotopic (exact) mass is 650 g/mol. The van der Waals surface area contributed by atoms with Gasteiger partial charge in [-0.3, -0.25) is 0 Å². The first-order valence-corrected chi connectivity index (χ1v) is 17.0. The van der Waals surface area contributed by atoms with Gasteiger partial charge in [-0.05, 0) is 74.9 Å². The van der Waals surface area contributed by atoms with Crippen LogP contribution < -0.4 is 14.2 Å². The third-order valence-corrected chi connectivity index (χ3v) is 9.69. The normalized spacial score (nSPS) is 16.1. The summed E-state index contributed by atoms with van der Waals surface area (Å²) in [4.78, 5) is 17.0. The van der Waals surface area contributed by atoms with Crippen molar-refractivity contribution in [2.45, 2.75) is 76.1 Å². The number of amides is 1. The average Bonchev–Trinajstić information content (AvgIpc) is 3.71. The minimum absolute atomic E-state index is 0.0218. The Bertz CT molecular complexity index is 1610. The van der Waals surface area contributed by atoms with Crippen molar-refractivity contribution in [3.05, 3.63) is 83.9 Å². The maximum Gasteiger partial charge on any atom is 0.434 e. The lowest BCUT2D eigenvalue weighted by atomic mass is 10.0. The fourth-order valence-corrected chi connectivity index (χ4v) is 7.06. The molecule has 0 saturated heterocycles. The van der Waals surface area contributed by atoms with Crippen LogP contribution in [0.15, 0.2) is 82.7 Å². The summed E-state index contributed by atoms with van der Waals surface area (Å²) in [6.07, 6.45) is 1.72. The second-order valence-corrected chi connectivity index (χ2v) is 14.6. The van der Waals surface area contributed by atoms with E-state index in [4.69, 9.17) is 18.9 Å². The summed E-state index contributed by atoms with van der Waals surface area (Å²) in [5, 5.41) is 11.6. The lowest BCUT2D eigenvalue weighted by Gasteiger charge is -2.28. The number of carbonyl (C=O) groups excluding carboxylic acids is 1. The Balaban J connectivity index is 1.37. The number of ether oxygens (including phenoxy) is 4. The number of hydrogen-bond donors (Lipinski definition) is 1. The Labute approximate surface area is 271 Å². The highest BCUT2D eigenvalue weighted by atomic mass is 32.2. The van der Waals surface area contributed by atoms with E-state index in [0.717, 1.165) is 36.8 Å². The molecule has 1 aliphatic carbocycles. The van der Waals surface area contributed by atoms with E-state index < -0.39 is 27.8 Å². The van der Waals surface area contributed by atoms with E-state index in [1.54, 1.807) is 26.8 Å². The predicted octanol–water partition coefficient (Wildman–Crippen LogP) is 6.15. The van der Waals surface area contributed by atoms with Crippen molar-refractivity contribution in [1.82, 2.24) is 4.31 Å². The molecule has 0 spiro atoms. The van der Waals surface area contributed by atoms with Crippen LogP contribution in [-0.2, 0) is 27.8 Å². The van der Waals surface area contributed by atoms with Crippen LogP contribution in [0.2, 0.25) is 0 Å². The van der Waals surface area contributed by atoms with Gasteiger partial charge >= 0.3 is 6.09 Å². The molecule has 11 heteroatoms. The molecule has 1 atom stereocenters. The fraction of sp³-hybridized carbons (Fsp3) is 0.429. The largest absolute Gasteiger partial charge is 0.489 e. The van der Waals surface area contributed by atoms with E-state index in [1.807, 2.05) is 54.6 Å². The van der Waals surface area contributed by atoms with Gasteiger partial charge in [0.1, 0.15) is 24.1 Å². The standard InChI is InChI=1S/C35H42N2O8S/c1-35(2,3)45-34(39)36-30(19-25-13-15-28(16-14-25)42-23-27-11-5-4-6-12-27)31(38)22-37(21-26-9-7-8-10-26)46(40,41)29-17-18-32-33(20-29)44-24-43-32/h4-6,11-18,20,26,31,38H,7-10,19,21-24H2,1-3H3/t31-/m1/s1. The van der Waals surface area contributed by atoms with Gasteiger partial charge in [-0.1, -0.05) is 55.3 Å². The molecule has 1 N–H and O–H groups in total. The van der Waals surface area contributed by atoms with Crippen molar-refractivity contribution in [3.63, 3.8) is 0 Å². The molecule has 3 aromatic rings. The topological polar surface area (TPSA) is 124 Å². The second kappa shape index (κ2) is 14.7. The highest BCUT2D eigenvalue weighted by molar-refractivity contribution is 7.89. The van der Waals surface area contributed by atoms with Gasteiger partial charge in [0.15, 0.2) is 11.5 Å². The molecule has 0 unspecified atom stereocenters. The van der Waals surface area contributed by atoms with Crippen molar-refractivity contribution >= 4 is 21.8 Å². The molecule has 5 rings (SSSR count). The maximum absolute atomic E-state index is 14.0. The van der Waals surface area contributed by atoms with Crippen molar-refractivity contribution in [2.75, 3.05) is 19.9 Å². The Morgan fingerprint density at radius 3 is 2.37 bits per heavy atom. The number of benzene rings is 3. The van der Waals surface area contributed by atoms with Crippen LogP contribution >= 0.6 is 0 Å². The molecule has 246 valence electrons. The molecule has 1 heterocycles. The van der Waals surface area contributed by atoms with Crippen molar-refractivity contribution < 1.29 is 37.3 Å². The zero-order valence-corrected chi connectivity index (χ0v) is 27.4. The van der Waals surface area contributed by atoms with Crippen molar-refractivity contribution in [2.24, 2.45) is 10.9 Å². The van der Waals surface area contributed by atoms with E-state index in [-0.39, 0.29) is 42.8 Å². The van der Waals surface area contributed by atoms with E-state index in [2.05, 4.69) is 4.99 Å². The van der Waals surface area contributed by atoms with Crippen LogP contribution in [0.5, 0.6) is 17.2 Å². The summed E-state index contributed by atoms with van der Waals surface area (Å²) >= 11 is 0. The van der Waals surface area contributed by atoms with Gasteiger partial charge in [-0.15, -0.1) is 0 Å². The average molecular weight is 651 g/mol. The quantitative estimate of drug-likeness (QED) is 0.232. The molecule has 1 saturated carbocycles. The molecule has 46 heavy (non-hydrogen) atoms. The number of sulfonamides is 1. The van der Waals surface area contributed by atoms with E-state index >= 15 is 0 Å². The van der Waals surface area contributed by atoms with E-state index in [9.17, 15) is 18.3 Å². The number of aliphatic imine (C=N–C) groups is 1. The molecular formula is C35H42N2O8S. The van der Waals surface area contributed by atoms with Crippen LogP contribution in [0.25, 0.3) is 0 Å².